The number of hydrogen-bond donors (Lipinski definition) is 0. The minimum Gasteiger partial charge on any atom is -0.310 e. The topological polar surface area (TPSA) is 3.24 Å². The minimum absolute atomic E-state index is 1.13. The number of thiophene rings is 2. The highest BCUT2D eigenvalue weighted by Crippen LogP contribution is 2.46. The van der Waals surface area contributed by atoms with E-state index in [-0.39, 0.29) is 0 Å². The van der Waals surface area contributed by atoms with Crippen molar-refractivity contribution in [2.24, 2.45) is 0 Å². The van der Waals surface area contributed by atoms with E-state index in [0.29, 0.717) is 0 Å². The van der Waals surface area contributed by atoms with E-state index in [2.05, 4.69) is 181 Å². The molecular formula is C46H29NS2. The summed E-state index contributed by atoms with van der Waals surface area (Å²) in [5.74, 6) is 0. The molecule has 0 N–H and O–H groups in total. The molecule has 0 amide bonds. The van der Waals surface area contributed by atoms with E-state index in [4.69, 9.17) is 0 Å². The lowest BCUT2D eigenvalue weighted by Gasteiger charge is -2.28. The summed E-state index contributed by atoms with van der Waals surface area (Å²) in [6.45, 7) is 0. The Morgan fingerprint density at radius 3 is 1.86 bits per heavy atom. The number of anilines is 3. The number of para-hydroxylation sites is 1. The molecule has 2 heterocycles. The van der Waals surface area contributed by atoms with Crippen LogP contribution in [0.3, 0.4) is 0 Å². The molecule has 0 saturated heterocycles. The molecule has 0 unspecified atom stereocenters. The molecule has 3 heteroatoms. The van der Waals surface area contributed by atoms with Crippen LogP contribution in [0.2, 0.25) is 0 Å². The molecule has 0 aliphatic heterocycles. The molecule has 8 aromatic carbocycles. The van der Waals surface area contributed by atoms with Gasteiger partial charge in [-0.05, 0) is 63.9 Å². The van der Waals surface area contributed by atoms with Gasteiger partial charge in [0.15, 0.2) is 0 Å². The lowest BCUT2D eigenvalue weighted by Crippen LogP contribution is -2.11. The molecule has 0 bridgehead atoms. The molecule has 0 aliphatic rings. The second-order valence-corrected chi connectivity index (χ2v) is 14.6. The fraction of sp³-hybridized carbons (Fsp3) is 0. The Bertz CT molecular complexity index is 2830. The first-order valence-corrected chi connectivity index (χ1v) is 18.2. The van der Waals surface area contributed by atoms with Crippen molar-refractivity contribution in [2.45, 2.75) is 0 Å². The lowest BCUT2D eigenvalue weighted by atomic mass is 10.00. The van der Waals surface area contributed by atoms with Crippen LogP contribution in [0, 0.1) is 0 Å². The predicted molar refractivity (Wildman–Crippen MR) is 215 cm³/mol. The van der Waals surface area contributed by atoms with Crippen molar-refractivity contribution in [1.82, 2.24) is 0 Å². The molecule has 2 aromatic heterocycles. The third-order valence-electron chi connectivity index (χ3n) is 9.68. The molecule has 230 valence electrons. The molecule has 0 saturated carbocycles. The van der Waals surface area contributed by atoms with Crippen molar-refractivity contribution >= 4 is 90.9 Å². The van der Waals surface area contributed by atoms with Gasteiger partial charge >= 0.3 is 0 Å². The van der Waals surface area contributed by atoms with Crippen LogP contribution < -0.4 is 4.90 Å². The Morgan fingerprint density at radius 1 is 0.347 bits per heavy atom. The van der Waals surface area contributed by atoms with Crippen molar-refractivity contribution in [1.29, 1.82) is 0 Å². The van der Waals surface area contributed by atoms with Gasteiger partial charge in [0, 0.05) is 57.3 Å². The zero-order valence-corrected chi connectivity index (χ0v) is 28.1. The van der Waals surface area contributed by atoms with E-state index in [1.807, 2.05) is 22.7 Å². The van der Waals surface area contributed by atoms with Gasteiger partial charge in [-0.25, -0.2) is 0 Å². The first kappa shape index (κ1) is 28.3. The summed E-state index contributed by atoms with van der Waals surface area (Å²) in [6.07, 6.45) is 0. The first-order chi connectivity index (χ1) is 24.3. The van der Waals surface area contributed by atoms with E-state index in [0.717, 1.165) is 17.1 Å². The van der Waals surface area contributed by atoms with Crippen LogP contribution in [-0.2, 0) is 0 Å². The highest BCUT2D eigenvalue weighted by atomic mass is 32.1. The van der Waals surface area contributed by atoms with Gasteiger partial charge in [-0.3, -0.25) is 0 Å². The summed E-state index contributed by atoms with van der Waals surface area (Å²) in [6, 6.07) is 64.3. The Morgan fingerprint density at radius 2 is 0.959 bits per heavy atom. The maximum Gasteiger partial charge on any atom is 0.0540 e. The summed E-state index contributed by atoms with van der Waals surface area (Å²) in [4.78, 5) is 2.42. The van der Waals surface area contributed by atoms with E-state index in [9.17, 15) is 0 Å². The largest absolute Gasteiger partial charge is 0.310 e. The Kier molecular flexibility index (Phi) is 6.61. The third-order valence-corrected chi connectivity index (χ3v) is 12.1. The maximum atomic E-state index is 2.42. The van der Waals surface area contributed by atoms with Crippen molar-refractivity contribution in [3.8, 4) is 22.3 Å². The van der Waals surface area contributed by atoms with Gasteiger partial charge in [0.25, 0.3) is 0 Å². The Labute approximate surface area is 292 Å². The summed E-state index contributed by atoms with van der Waals surface area (Å²) in [5.41, 5.74) is 8.33. The van der Waals surface area contributed by atoms with E-state index in [1.165, 1.54) is 73.4 Å². The molecule has 0 atom stereocenters. The zero-order chi connectivity index (χ0) is 32.3. The van der Waals surface area contributed by atoms with Crippen LogP contribution in [0.25, 0.3) is 73.4 Å². The third kappa shape index (κ3) is 4.66. The fourth-order valence-electron chi connectivity index (χ4n) is 7.35. The Balaban J connectivity index is 1.15. The molecule has 0 aliphatic carbocycles. The lowest BCUT2D eigenvalue weighted by molar-refractivity contribution is 1.29. The Hall–Kier alpha value is -5.74. The SMILES string of the molecule is c1ccc(-c2ccccc2N(c2ccc(-c3cccc4c3sc3ccccc34)cc2)c2ccc3c(c2)sc2c4ccccc4ccc32)cc1. The molecule has 1 nitrogen and oxygen atoms in total. The quantitative estimate of drug-likeness (QED) is 0.178. The van der Waals surface area contributed by atoms with Gasteiger partial charge < -0.3 is 4.90 Å². The number of fused-ring (bicyclic) bond motifs is 8. The number of benzene rings is 8. The summed E-state index contributed by atoms with van der Waals surface area (Å²) < 4.78 is 5.31. The number of rotatable bonds is 5. The summed E-state index contributed by atoms with van der Waals surface area (Å²) in [7, 11) is 0. The van der Waals surface area contributed by atoms with Gasteiger partial charge in [-0.15, -0.1) is 22.7 Å². The predicted octanol–water partition coefficient (Wildman–Crippen LogP) is 14.4. The molecule has 0 radical (unpaired) electrons. The molecular weight excluding hydrogens is 631 g/mol. The van der Waals surface area contributed by atoms with Crippen LogP contribution >= 0.6 is 22.7 Å². The van der Waals surface area contributed by atoms with Crippen LogP contribution in [0.1, 0.15) is 0 Å². The van der Waals surface area contributed by atoms with Crippen molar-refractivity contribution in [3.63, 3.8) is 0 Å². The van der Waals surface area contributed by atoms with Crippen molar-refractivity contribution < 1.29 is 0 Å². The average molecular weight is 660 g/mol. The van der Waals surface area contributed by atoms with Crippen LogP contribution in [0.5, 0.6) is 0 Å². The number of nitrogens with zero attached hydrogens (tertiary/aromatic N) is 1. The summed E-state index contributed by atoms with van der Waals surface area (Å²) >= 11 is 3.77. The van der Waals surface area contributed by atoms with Gasteiger partial charge in [-0.1, -0.05) is 140 Å². The monoisotopic (exact) mass is 659 g/mol. The second-order valence-electron chi connectivity index (χ2n) is 12.5. The van der Waals surface area contributed by atoms with E-state index < -0.39 is 0 Å². The highest BCUT2D eigenvalue weighted by Gasteiger charge is 2.19. The van der Waals surface area contributed by atoms with Crippen LogP contribution in [-0.4, -0.2) is 0 Å². The number of hydrogen-bond acceptors (Lipinski definition) is 3. The van der Waals surface area contributed by atoms with Gasteiger partial charge in [-0.2, -0.15) is 0 Å². The van der Waals surface area contributed by atoms with Gasteiger partial charge in [0.2, 0.25) is 0 Å². The molecule has 0 fully saturated rings. The van der Waals surface area contributed by atoms with Gasteiger partial charge in [0.1, 0.15) is 0 Å². The second kappa shape index (κ2) is 11.5. The average Bonchev–Trinajstić information content (AvgIpc) is 3.74. The van der Waals surface area contributed by atoms with Crippen LogP contribution in [0.15, 0.2) is 176 Å². The molecule has 10 rings (SSSR count). The smallest absolute Gasteiger partial charge is 0.0540 e. The zero-order valence-electron chi connectivity index (χ0n) is 26.5. The molecule has 0 spiro atoms. The molecule has 49 heavy (non-hydrogen) atoms. The summed E-state index contributed by atoms with van der Waals surface area (Å²) in [5, 5.41) is 7.88. The van der Waals surface area contributed by atoms with Crippen molar-refractivity contribution in [3.05, 3.63) is 176 Å². The van der Waals surface area contributed by atoms with Crippen LogP contribution in [0.4, 0.5) is 17.1 Å². The first-order valence-electron chi connectivity index (χ1n) is 16.6. The van der Waals surface area contributed by atoms with Crippen molar-refractivity contribution in [2.75, 3.05) is 4.90 Å². The van der Waals surface area contributed by atoms with Gasteiger partial charge in [0.05, 0.1) is 5.69 Å². The minimum atomic E-state index is 1.13. The normalized spacial score (nSPS) is 11.7. The standard InChI is InChI=1S/C46H29NS2/c1-2-11-30(12-3-1)35-14-6-8-19-42(35)47(34-26-28-39-41-27-23-31-13-4-5-15-36(31)46(41)49-44(39)29-34)33-24-21-32(22-25-33)37-17-10-18-40-38-16-7-9-20-43(38)48-45(37)40/h1-29H. The van der Waals surface area contributed by atoms with E-state index >= 15 is 0 Å². The molecule has 10 aromatic rings. The fourth-order valence-corrected chi connectivity index (χ4v) is 9.86. The maximum absolute atomic E-state index is 2.42. The van der Waals surface area contributed by atoms with E-state index in [1.54, 1.807) is 0 Å². The highest BCUT2D eigenvalue weighted by molar-refractivity contribution is 7.27.